The highest BCUT2D eigenvalue weighted by atomic mass is 19.4. The quantitative estimate of drug-likeness (QED) is 0.476. The Labute approximate surface area is 172 Å². The molecule has 0 aliphatic carbocycles. The summed E-state index contributed by atoms with van der Waals surface area (Å²) in [6.45, 7) is 0. The summed E-state index contributed by atoms with van der Waals surface area (Å²) in [6.07, 6.45) is -11.5. The Morgan fingerprint density at radius 2 is 1.19 bits per heavy atom. The number of aromatic hydroxyl groups is 1. The normalized spacial score (nSPS) is 12.3. The third-order valence-electron chi connectivity index (χ3n) is 4.67. The van der Waals surface area contributed by atoms with Crippen LogP contribution in [0.15, 0.2) is 72.8 Å². The van der Waals surface area contributed by atoms with Gasteiger partial charge >= 0.3 is 12.4 Å². The first-order chi connectivity index (χ1) is 14.5. The lowest BCUT2D eigenvalue weighted by Gasteiger charge is -2.38. The molecule has 0 bridgehead atoms. The molecule has 0 aromatic heterocycles. The predicted octanol–water partition coefficient (Wildman–Crippen LogP) is 6.47. The van der Waals surface area contributed by atoms with Crippen molar-refractivity contribution in [1.82, 2.24) is 0 Å². The molecule has 0 unspecified atom stereocenters. The monoisotopic (exact) mass is 437 g/mol. The van der Waals surface area contributed by atoms with Crippen molar-refractivity contribution < 1.29 is 36.2 Å². The number of phenolic OH excluding ortho intramolecular Hbond substituents is 1. The number of phenols is 1. The van der Waals surface area contributed by atoms with E-state index in [0.29, 0.717) is 24.3 Å². The minimum absolute atomic E-state index is 0.0459. The van der Waals surface area contributed by atoms with Crippen molar-refractivity contribution in [1.29, 1.82) is 5.26 Å². The first kappa shape index (κ1) is 22.0. The molecular formula is C22H13F6NO2. The second-order valence-corrected chi connectivity index (χ2v) is 6.53. The fourth-order valence-corrected chi connectivity index (χ4v) is 3.24. The Morgan fingerprint density at radius 3 is 1.68 bits per heavy atom. The highest BCUT2D eigenvalue weighted by molar-refractivity contribution is 5.49. The van der Waals surface area contributed by atoms with Gasteiger partial charge in [0.25, 0.3) is 0 Å². The first-order valence-electron chi connectivity index (χ1n) is 8.71. The van der Waals surface area contributed by atoms with E-state index >= 15 is 0 Å². The third-order valence-corrected chi connectivity index (χ3v) is 4.67. The Kier molecular flexibility index (Phi) is 5.59. The van der Waals surface area contributed by atoms with Crippen LogP contribution in [0.2, 0.25) is 0 Å². The highest BCUT2D eigenvalue weighted by Crippen LogP contribution is 2.56. The Hall–Kier alpha value is -3.67. The number of hydrogen-bond acceptors (Lipinski definition) is 3. The molecule has 0 saturated heterocycles. The molecule has 0 atom stereocenters. The van der Waals surface area contributed by atoms with E-state index in [2.05, 4.69) is 0 Å². The van der Waals surface area contributed by atoms with Gasteiger partial charge in [0.15, 0.2) is 0 Å². The maximum Gasteiger partial charge on any atom is 0.411 e. The van der Waals surface area contributed by atoms with E-state index in [-0.39, 0.29) is 17.1 Å². The zero-order chi connectivity index (χ0) is 22.9. The number of nitrogens with zero attached hydrogens (tertiary/aromatic N) is 1. The lowest BCUT2D eigenvalue weighted by molar-refractivity contribution is -0.288. The molecule has 0 amide bonds. The zero-order valence-corrected chi connectivity index (χ0v) is 15.5. The molecule has 0 spiro atoms. The van der Waals surface area contributed by atoms with Gasteiger partial charge in [-0.2, -0.15) is 31.6 Å². The fourth-order valence-electron chi connectivity index (χ4n) is 3.24. The van der Waals surface area contributed by atoms with Gasteiger partial charge in [-0.1, -0.05) is 36.4 Å². The summed E-state index contributed by atoms with van der Waals surface area (Å²) in [6, 6.07) is 13.9. The van der Waals surface area contributed by atoms with Crippen molar-refractivity contribution in [3.05, 3.63) is 89.5 Å². The average Bonchev–Trinajstić information content (AvgIpc) is 2.69. The van der Waals surface area contributed by atoms with Gasteiger partial charge in [0.1, 0.15) is 23.3 Å². The first-order valence-corrected chi connectivity index (χ1v) is 8.71. The predicted molar refractivity (Wildman–Crippen MR) is 98.7 cm³/mol. The van der Waals surface area contributed by atoms with Gasteiger partial charge in [0.05, 0.1) is 5.56 Å². The molecule has 9 heteroatoms. The van der Waals surface area contributed by atoms with Crippen LogP contribution < -0.4 is 4.74 Å². The fraction of sp³-hybridized carbons (Fsp3) is 0.136. The Morgan fingerprint density at radius 1 is 0.710 bits per heavy atom. The average molecular weight is 437 g/mol. The summed E-state index contributed by atoms with van der Waals surface area (Å²) >= 11 is 0. The van der Waals surface area contributed by atoms with Crippen LogP contribution in [0.4, 0.5) is 26.3 Å². The van der Waals surface area contributed by atoms with Crippen LogP contribution in [0.3, 0.4) is 0 Å². The van der Waals surface area contributed by atoms with E-state index in [1.165, 1.54) is 12.1 Å². The maximum absolute atomic E-state index is 14.0. The number of alkyl halides is 6. The van der Waals surface area contributed by atoms with E-state index in [9.17, 15) is 31.4 Å². The SMILES string of the molecule is N#Cc1ccccc1Oc1ccc(C(c2ccc(O)cc2)(C(F)(F)F)C(F)(F)F)cc1. The molecular weight excluding hydrogens is 424 g/mol. The number of para-hydroxylation sites is 1. The summed E-state index contributed by atoms with van der Waals surface area (Å²) in [5, 5.41) is 18.4. The van der Waals surface area contributed by atoms with Gasteiger partial charge < -0.3 is 9.84 Å². The molecule has 0 fully saturated rings. The second kappa shape index (κ2) is 7.87. The van der Waals surface area contributed by atoms with Crippen molar-refractivity contribution in [2.24, 2.45) is 0 Å². The van der Waals surface area contributed by atoms with Crippen LogP contribution in [0, 0.1) is 11.3 Å². The van der Waals surface area contributed by atoms with Crippen molar-refractivity contribution in [2.75, 3.05) is 0 Å². The van der Waals surface area contributed by atoms with E-state index in [1.807, 2.05) is 6.07 Å². The maximum atomic E-state index is 14.0. The van der Waals surface area contributed by atoms with Crippen LogP contribution in [-0.2, 0) is 5.41 Å². The lowest BCUT2D eigenvalue weighted by atomic mass is 9.73. The van der Waals surface area contributed by atoms with E-state index in [0.717, 1.165) is 24.3 Å². The minimum Gasteiger partial charge on any atom is -0.508 e. The van der Waals surface area contributed by atoms with Crippen LogP contribution >= 0.6 is 0 Å². The van der Waals surface area contributed by atoms with Crippen LogP contribution in [0.1, 0.15) is 16.7 Å². The summed E-state index contributed by atoms with van der Waals surface area (Å²) in [7, 11) is 0. The molecule has 3 aromatic carbocycles. The van der Waals surface area contributed by atoms with Gasteiger partial charge in [0.2, 0.25) is 5.41 Å². The Bertz CT molecular complexity index is 1080. The summed E-state index contributed by atoms with van der Waals surface area (Å²) in [4.78, 5) is 0. The van der Waals surface area contributed by atoms with Gasteiger partial charge in [-0.25, -0.2) is 0 Å². The van der Waals surface area contributed by atoms with Crippen LogP contribution in [0.25, 0.3) is 0 Å². The van der Waals surface area contributed by atoms with Gasteiger partial charge in [-0.05, 0) is 47.5 Å². The standard InChI is InChI=1S/C22H13F6NO2/c23-21(24,25)20(22(26,27)28,15-5-9-17(30)10-6-15)16-7-11-18(12-8-16)31-19-4-2-1-3-14(19)13-29/h1-12,30H. The number of ether oxygens (including phenoxy) is 1. The molecule has 3 nitrogen and oxygen atoms in total. The van der Waals surface area contributed by atoms with Crippen molar-refractivity contribution in [3.8, 4) is 23.3 Å². The van der Waals surface area contributed by atoms with Crippen molar-refractivity contribution in [2.45, 2.75) is 17.8 Å². The number of rotatable bonds is 4. The Balaban J connectivity index is 2.12. The van der Waals surface area contributed by atoms with Crippen LogP contribution in [0.5, 0.6) is 17.2 Å². The number of benzene rings is 3. The van der Waals surface area contributed by atoms with Crippen molar-refractivity contribution >= 4 is 0 Å². The summed E-state index contributed by atoms with van der Waals surface area (Å²) in [5.74, 6) is -0.411. The topological polar surface area (TPSA) is 53.2 Å². The van der Waals surface area contributed by atoms with Gasteiger partial charge in [-0.3, -0.25) is 0 Å². The molecule has 1 N–H and O–H groups in total. The van der Waals surface area contributed by atoms with E-state index in [1.54, 1.807) is 12.1 Å². The molecule has 0 saturated carbocycles. The molecule has 0 heterocycles. The molecule has 0 aliphatic rings. The number of halogens is 6. The zero-order valence-electron chi connectivity index (χ0n) is 15.5. The molecule has 3 aromatic rings. The molecule has 0 aliphatic heterocycles. The molecule has 3 rings (SSSR count). The lowest BCUT2D eigenvalue weighted by Crippen LogP contribution is -2.54. The largest absolute Gasteiger partial charge is 0.508 e. The smallest absolute Gasteiger partial charge is 0.411 e. The van der Waals surface area contributed by atoms with Crippen molar-refractivity contribution in [3.63, 3.8) is 0 Å². The molecule has 160 valence electrons. The minimum atomic E-state index is -5.74. The van der Waals surface area contributed by atoms with E-state index in [4.69, 9.17) is 10.00 Å². The van der Waals surface area contributed by atoms with Crippen LogP contribution in [-0.4, -0.2) is 17.5 Å². The number of nitriles is 1. The van der Waals surface area contributed by atoms with Gasteiger partial charge in [-0.15, -0.1) is 0 Å². The highest BCUT2D eigenvalue weighted by Gasteiger charge is 2.72. The summed E-state index contributed by atoms with van der Waals surface area (Å²) in [5.41, 5.74) is -6.33. The van der Waals surface area contributed by atoms with Gasteiger partial charge in [0, 0.05) is 0 Å². The second-order valence-electron chi connectivity index (χ2n) is 6.53. The number of hydrogen-bond donors (Lipinski definition) is 1. The third kappa shape index (κ3) is 3.89. The van der Waals surface area contributed by atoms with E-state index < -0.39 is 34.6 Å². The molecule has 31 heavy (non-hydrogen) atoms. The summed E-state index contributed by atoms with van der Waals surface area (Å²) < 4.78 is 89.7. The molecule has 0 radical (unpaired) electrons.